The Kier molecular flexibility index (Phi) is 6.78. The van der Waals surface area contributed by atoms with Crippen molar-refractivity contribution in [2.45, 2.75) is 39.0 Å². The maximum absolute atomic E-state index is 10.8. The molecule has 0 saturated heterocycles. The molecule has 6 nitrogen and oxygen atoms in total. The lowest BCUT2D eigenvalue weighted by Crippen LogP contribution is -2.22. The standard InChI is InChI=1S/C13H23N3O3/c1-4-5-6-7-8-9-18-11(2)10-16(3)12-14-13(17)19-15-12/h2,4-10H2,1,3H3,(H,14,15,17). The summed E-state index contributed by atoms with van der Waals surface area (Å²) < 4.78 is 9.96. The summed E-state index contributed by atoms with van der Waals surface area (Å²) in [6, 6.07) is 0. The van der Waals surface area contributed by atoms with Crippen molar-refractivity contribution >= 4 is 5.95 Å². The average Bonchev–Trinajstić information content (AvgIpc) is 2.80. The molecule has 0 atom stereocenters. The van der Waals surface area contributed by atoms with Gasteiger partial charge in [-0.2, -0.15) is 0 Å². The number of ether oxygens (including phenoxy) is 1. The minimum atomic E-state index is -0.565. The number of nitrogens with zero attached hydrogens (tertiary/aromatic N) is 2. The van der Waals surface area contributed by atoms with E-state index < -0.39 is 5.76 Å². The molecule has 108 valence electrons. The van der Waals surface area contributed by atoms with Crippen LogP contribution in [0.5, 0.6) is 0 Å². The maximum Gasteiger partial charge on any atom is 0.440 e. The van der Waals surface area contributed by atoms with E-state index in [1.807, 2.05) is 0 Å². The van der Waals surface area contributed by atoms with E-state index in [0.29, 0.717) is 24.9 Å². The molecule has 0 bridgehead atoms. The Hall–Kier alpha value is -1.72. The fourth-order valence-corrected chi connectivity index (χ4v) is 1.69. The zero-order chi connectivity index (χ0) is 14.1. The fraction of sp³-hybridized carbons (Fsp3) is 0.692. The lowest BCUT2D eigenvalue weighted by atomic mass is 10.2. The molecule has 1 rings (SSSR count). The maximum atomic E-state index is 10.8. The average molecular weight is 269 g/mol. The normalized spacial score (nSPS) is 10.4. The second-order valence-corrected chi connectivity index (χ2v) is 4.58. The molecule has 6 heteroatoms. The van der Waals surface area contributed by atoms with Gasteiger partial charge in [0.05, 0.1) is 13.2 Å². The molecular weight excluding hydrogens is 246 g/mol. The van der Waals surface area contributed by atoms with Crippen LogP contribution in [-0.2, 0) is 4.74 Å². The van der Waals surface area contributed by atoms with Gasteiger partial charge in [-0.25, -0.2) is 4.79 Å². The Morgan fingerprint density at radius 1 is 1.42 bits per heavy atom. The topological polar surface area (TPSA) is 71.4 Å². The Morgan fingerprint density at radius 2 is 2.16 bits per heavy atom. The molecule has 0 aliphatic rings. The van der Waals surface area contributed by atoms with Gasteiger partial charge in [-0.15, -0.1) is 0 Å². The van der Waals surface area contributed by atoms with Crippen molar-refractivity contribution in [2.75, 3.05) is 25.1 Å². The van der Waals surface area contributed by atoms with Gasteiger partial charge in [0.15, 0.2) is 0 Å². The number of hydrogen-bond donors (Lipinski definition) is 1. The highest BCUT2D eigenvalue weighted by Crippen LogP contribution is 2.07. The van der Waals surface area contributed by atoms with Gasteiger partial charge >= 0.3 is 5.76 Å². The number of unbranched alkanes of at least 4 members (excludes halogenated alkanes) is 4. The molecule has 0 spiro atoms. The summed E-state index contributed by atoms with van der Waals surface area (Å²) in [5, 5.41) is 3.59. The Labute approximate surface area is 113 Å². The van der Waals surface area contributed by atoms with Crippen molar-refractivity contribution in [2.24, 2.45) is 0 Å². The number of hydrogen-bond acceptors (Lipinski definition) is 5. The minimum Gasteiger partial charge on any atom is -0.497 e. The molecule has 0 fully saturated rings. The second-order valence-electron chi connectivity index (χ2n) is 4.58. The number of anilines is 1. The first-order valence-electron chi connectivity index (χ1n) is 6.71. The smallest absolute Gasteiger partial charge is 0.440 e. The highest BCUT2D eigenvalue weighted by molar-refractivity contribution is 5.26. The van der Waals surface area contributed by atoms with E-state index in [1.165, 1.54) is 25.7 Å². The van der Waals surface area contributed by atoms with E-state index in [2.05, 4.69) is 28.2 Å². The summed E-state index contributed by atoms with van der Waals surface area (Å²) >= 11 is 0. The van der Waals surface area contributed by atoms with Gasteiger partial charge in [-0.05, 0) is 11.6 Å². The first-order chi connectivity index (χ1) is 9.13. The lowest BCUT2D eigenvalue weighted by molar-refractivity contribution is 0.203. The number of nitrogens with one attached hydrogen (secondary N) is 1. The summed E-state index contributed by atoms with van der Waals surface area (Å²) in [6.45, 7) is 7.20. The molecule has 1 heterocycles. The summed E-state index contributed by atoms with van der Waals surface area (Å²) in [5.41, 5.74) is 0. The molecule has 0 radical (unpaired) electrons. The number of rotatable bonds is 10. The first-order valence-corrected chi connectivity index (χ1v) is 6.71. The van der Waals surface area contributed by atoms with Crippen molar-refractivity contribution in [3.05, 3.63) is 22.9 Å². The van der Waals surface area contributed by atoms with Gasteiger partial charge in [0, 0.05) is 7.05 Å². The van der Waals surface area contributed by atoms with Crippen LogP contribution in [0.15, 0.2) is 21.7 Å². The van der Waals surface area contributed by atoms with Crippen molar-refractivity contribution < 1.29 is 9.26 Å². The zero-order valence-electron chi connectivity index (χ0n) is 11.8. The van der Waals surface area contributed by atoms with Crippen molar-refractivity contribution in [1.29, 1.82) is 0 Å². The lowest BCUT2D eigenvalue weighted by Gasteiger charge is -2.16. The molecule has 1 N–H and O–H groups in total. The molecule has 1 aromatic heterocycles. The molecule has 0 saturated carbocycles. The third-order valence-electron chi connectivity index (χ3n) is 2.76. The van der Waals surface area contributed by atoms with Gasteiger partial charge in [-0.3, -0.25) is 9.51 Å². The largest absolute Gasteiger partial charge is 0.497 e. The molecule has 0 aliphatic heterocycles. The molecule has 0 amide bonds. The van der Waals surface area contributed by atoms with Gasteiger partial charge < -0.3 is 9.64 Å². The third kappa shape index (κ3) is 6.13. The van der Waals surface area contributed by atoms with Crippen LogP contribution in [0.1, 0.15) is 39.0 Å². The summed E-state index contributed by atoms with van der Waals surface area (Å²) in [6.07, 6.45) is 6.01. The third-order valence-corrected chi connectivity index (χ3v) is 2.76. The van der Waals surface area contributed by atoms with Crippen LogP contribution in [0.3, 0.4) is 0 Å². The molecule has 0 aromatic carbocycles. The van der Waals surface area contributed by atoms with Crippen molar-refractivity contribution in [1.82, 2.24) is 10.1 Å². The zero-order valence-corrected chi connectivity index (χ0v) is 11.8. The van der Waals surface area contributed by atoms with E-state index in [4.69, 9.17) is 4.74 Å². The SMILES string of the molecule is C=C(CN(C)c1noc(=O)[nH]1)OCCCCCCC. The van der Waals surface area contributed by atoms with Crippen LogP contribution in [0.25, 0.3) is 0 Å². The predicted octanol–water partition coefficient (Wildman–Crippen LogP) is 2.30. The molecule has 0 unspecified atom stereocenters. The molecular formula is C13H23N3O3. The quantitative estimate of drug-likeness (QED) is 0.521. The van der Waals surface area contributed by atoms with Crippen molar-refractivity contribution in [3.63, 3.8) is 0 Å². The molecule has 0 aliphatic carbocycles. The number of aromatic nitrogens is 2. The monoisotopic (exact) mass is 269 g/mol. The summed E-state index contributed by atoms with van der Waals surface area (Å²) in [4.78, 5) is 15.0. The van der Waals surface area contributed by atoms with Crippen LogP contribution in [0.2, 0.25) is 0 Å². The van der Waals surface area contributed by atoms with Gasteiger partial charge in [-0.1, -0.05) is 39.2 Å². The van der Waals surface area contributed by atoms with Crippen LogP contribution in [0, 0.1) is 0 Å². The number of aromatic amines is 1. The number of H-pyrrole nitrogens is 1. The summed E-state index contributed by atoms with van der Waals surface area (Å²) in [7, 11) is 1.78. The highest BCUT2D eigenvalue weighted by atomic mass is 16.5. The molecule has 19 heavy (non-hydrogen) atoms. The van der Waals surface area contributed by atoms with Gasteiger partial charge in [0.1, 0.15) is 5.76 Å². The first kappa shape index (κ1) is 15.3. The predicted molar refractivity (Wildman–Crippen MR) is 74.2 cm³/mol. The van der Waals surface area contributed by atoms with Gasteiger partial charge in [0.2, 0.25) is 5.95 Å². The van der Waals surface area contributed by atoms with Crippen LogP contribution in [0.4, 0.5) is 5.95 Å². The van der Waals surface area contributed by atoms with E-state index in [0.717, 1.165) is 6.42 Å². The second kappa shape index (κ2) is 8.39. The van der Waals surface area contributed by atoms with E-state index >= 15 is 0 Å². The Balaban J connectivity index is 2.15. The Bertz CT molecular complexity index is 425. The van der Waals surface area contributed by atoms with Crippen LogP contribution in [-0.4, -0.2) is 30.3 Å². The minimum absolute atomic E-state index is 0.373. The van der Waals surface area contributed by atoms with Gasteiger partial charge in [0.25, 0.3) is 0 Å². The van der Waals surface area contributed by atoms with Crippen LogP contribution >= 0.6 is 0 Å². The van der Waals surface area contributed by atoms with Crippen molar-refractivity contribution in [3.8, 4) is 0 Å². The highest BCUT2D eigenvalue weighted by Gasteiger charge is 2.08. The van der Waals surface area contributed by atoms with E-state index in [-0.39, 0.29) is 0 Å². The number of likely N-dealkylation sites (N-methyl/N-ethyl adjacent to an activating group) is 1. The fourth-order valence-electron chi connectivity index (χ4n) is 1.69. The van der Waals surface area contributed by atoms with Crippen LogP contribution < -0.4 is 10.7 Å². The van der Waals surface area contributed by atoms with E-state index in [1.54, 1.807) is 11.9 Å². The van der Waals surface area contributed by atoms with E-state index in [9.17, 15) is 4.79 Å². The summed E-state index contributed by atoms with van der Waals surface area (Å²) in [5.74, 6) is 0.462. The Morgan fingerprint density at radius 3 is 2.79 bits per heavy atom. The molecule has 1 aromatic rings.